The molecule has 4 heteroatoms. The van der Waals surface area contributed by atoms with E-state index in [9.17, 15) is 4.21 Å². The fourth-order valence-corrected chi connectivity index (χ4v) is 3.17. The van der Waals surface area contributed by atoms with E-state index in [1.54, 1.807) is 7.11 Å². The molecular weight excluding hydrogens is 280 g/mol. The number of halogens is 1. The van der Waals surface area contributed by atoms with Gasteiger partial charge >= 0.3 is 0 Å². The lowest BCUT2D eigenvalue weighted by Crippen LogP contribution is -2.01. The van der Waals surface area contributed by atoms with Crippen LogP contribution >= 0.6 is 11.6 Å². The molecule has 2 nitrogen and oxygen atoms in total. The summed E-state index contributed by atoms with van der Waals surface area (Å²) < 4.78 is 16.9. The standard InChI is InChI=1S/C15H15ClO2S/c1-11-3-9-14(10-4-11)19(17)15(16)12-5-7-13(18-2)8-6-12/h3-10,15H,1-2H3. The predicted octanol–water partition coefficient (Wildman–Crippen LogP) is 4.05. The minimum Gasteiger partial charge on any atom is -0.497 e. The van der Waals surface area contributed by atoms with Crippen molar-refractivity contribution >= 4 is 22.4 Å². The molecule has 100 valence electrons. The van der Waals surface area contributed by atoms with Crippen LogP contribution in [0.25, 0.3) is 0 Å². The number of hydrogen-bond acceptors (Lipinski definition) is 2. The summed E-state index contributed by atoms with van der Waals surface area (Å²) in [6, 6.07) is 14.9. The van der Waals surface area contributed by atoms with Gasteiger partial charge in [-0.1, -0.05) is 29.8 Å². The molecule has 0 aliphatic rings. The molecule has 2 unspecified atom stereocenters. The highest BCUT2D eigenvalue weighted by Gasteiger charge is 2.17. The molecular formula is C15H15ClO2S. The third-order valence-electron chi connectivity index (χ3n) is 2.82. The van der Waals surface area contributed by atoms with Crippen molar-refractivity contribution in [2.24, 2.45) is 0 Å². The van der Waals surface area contributed by atoms with E-state index in [1.807, 2.05) is 55.5 Å². The maximum Gasteiger partial charge on any atom is 0.138 e. The summed E-state index contributed by atoms with van der Waals surface area (Å²) in [5.41, 5.74) is 1.96. The molecule has 2 aromatic carbocycles. The van der Waals surface area contributed by atoms with Crippen LogP contribution in [0.4, 0.5) is 0 Å². The highest BCUT2D eigenvalue weighted by molar-refractivity contribution is 7.86. The molecule has 0 aliphatic heterocycles. The Bertz CT molecular complexity index is 564. The molecule has 0 aromatic heterocycles. The topological polar surface area (TPSA) is 26.3 Å². The maximum absolute atomic E-state index is 12.4. The summed E-state index contributed by atoms with van der Waals surface area (Å²) in [4.78, 5) is 0.737. The smallest absolute Gasteiger partial charge is 0.138 e. The lowest BCUT2D eigenvalue weighted by Gasteiger charge is -2.11. The molecule has 0 radical (unpaired) electrons. The van der Waals surface area contributed by atoms with Crippen LogP contribution in [0.2, 0.25) is 0 Å². The Labute approximate surface area is 120 Å². The van der Waals surface area contributed by atoms with Gasteiger partial charge in [-0.3, -0.25) is 4.21 Å². The zero-order valence-corrected chi connectivity index (χ0v) is 12.4. The molecule has 0 heterocycles. The third-order valence-corrected chi connectivity index (χ3v) is 4.94. The van der Waals surface area contributed by atoms with Crippen LogP contribution < -0.4 is 4.74 Å². The average molecular weight is 295 g/mol. The fourth-order valence-electron chi connectivity index (χ4n) is 1.67. The first-order chi connectivity index (χ1) is 9.11. The van der Waals surface area contributed by atoms with Gasteiger partial charge in [0, 0.05) is 4.90 Å². The van der Waals surface area contributed by atoms with E-state index in [2.05, 4.69) is 0 Å². The summed E-state index contributed by atoms with van der Waals surface area (Å²) >= 11 is 6.29. The van der Waals surface area contributed by atoms with Crippen LogP contribution in [0.15, 0.2) is 53.4 Å². The number of hydrogen-bond donors (Lipinski definition) is 0. The van der Waals surface area contributed by atoms with Gasteiger partial charge in [-0.15, -0.1) is 11.6 Å². The SMILES string of the molecule is COc1ccc(C(Cl)S(=O)c2ccc(C)cc2)cc1. The Morgan fingerprint density at radius 2 is 1.63 bits per heavy atom. The van der Waals surface area contributed by atoms with E-state index in [0.717, 1.165) is 21.8 Å². The van der Waals surface area contributed by atoms with Crippen molar-refractivity contribution < 1.29 is 8.95 Å². The molecule has 0 spiro atoms. The van der Waals surface area contributed by atoms with Gasteiger partial charge in [0.15, 0.2) is 0 Å². The first-order valence-electron chi connectivity index (χ1n) is 5.87. The van der Waals surface area contributed by atoms with Crippen LogP contribution in [0.3, 0.4) is 0 Å². The van der Waals surface area contributed by atoms with Crippen LogP contribution in [-0.4, -0.2) is 11.3 Å². The Balaban J connectivity index is 2.20. The fraction of sp³-hybridized carbons (Fsp3) is 0.200. The second kappa shape index (κ2) is 6.22. The molecule has 0 bridgehead atoms. The highest BCUT2D eigenvalue weighted by atomic mass is 35.5. The zero-order valence-electron chi connectivity index (χ0n) is 10.8. The van der Waals surface area contributed by atoms with Crippen LogP contribution in [0.5, 0.6) is 5.75 Å². The molecule has 0 aliphatic carbocycles. The molecule has 0 fully saturated rings. The Morgan fingerprint density at radius 1 is 1.05 bits per heavy atom. The number of benzene rings is 2. The van der Waals surface area contributed by atoms with Crippen LogP contribution in [-0.2, 0) is 10.8 Å². The van der Waals surface area contributed by atoms with Crippen molar-refractivity contribution in [1.29, 1.82) is 0 Å². The van der Waals surface area contributed by atoms with Gasteiger partial charge in [-0.05, 0) is 36.8 Å². The van der Waals surface area contributed by atoms with Crippen molar-refractivity contribution in [2.75, 3.05) is 7.11 Å². The van der Waals surface area contributed by atoms with E-state index < -0.39 is 15.5 Å². The van der Waals surface area contributed by atoms with E-state index in [0.29, 0.717) is 0 Å². The molecule has 2 rings (SSSR count). The molecule has 0 amide bonds. The number of ether oxygens (including phenoxy) is 1. The molecule has 19 heavy (non-hydrogen) atoms. The van der Waals surface area contributed by atoms with Gasteiger partial charge in [-0.25, -0.2) is 0 Å². The van der Waals surface area contributed by atoms with E-state index in [1.165, 1.54) is 0 Å². The van der Waals surface area contributed by atoms with Gasteiger partial charge in [0.2, 0.25) is 0 Å². The summed E-state index contributed by atoms with van der Waals surface area (Å²) in [5, 5.41) is 0. The van der Waals surface area contributed by atoms with Gasteiger partial charge in [0.1, 0.15) is 10.5 Å². The summed E-state index contributed by atoms with van der Waals surface area (Å²) in [6.07, 6.45) is 0. The molecule has 0 N–H and O–H groups in total. The molecule has 2 atom stereocenters. The predicted molar refractivity (Wildman–Crippen MR) is 79.2 cm³/mol. The first kappa shape index (κ1) is 14.1. The lowest BCUT2D eigenvalue weighted by atomic mass is 10.2. The van der Waals surface area contributed by atoms with Crippen molar-refractivity contribution in [3.63, 3.8) is 0 Å². The highest BCUT2D eigenvalue weighted by Crippen LogP contribution is 2.30. The minimum absolute atomic E-state index is 0.561. The number of rotatable bonds is 4. The summed E-state index contributed by atoms with van der Waals surface area (Å²) in [7, 11) is 0.337. The van der Waals surface area contributed by atoms with Crippen molar-refractivity contribution in [1.82, 2.24) is 0 Å². The van der Waals surface area contributed by atoms with Gasteiger partial charge in [0.05, 0.1) is 17.9 Å². The van der Waals surface area contributed by atoms with Gasteiger partial charge < -0.3 is 4.74 Å². The van der Waals surface area contributed by atoms with Gasteiger partial charge in [-0.2, -0.15) is 0 Å². The normalized spacial score (nSPS) is 13.8. The molecule has 0 saturated carbocycles. The quantitative estimate of drug-likeness (QED) is 0.795. The molecule has 2 aromatic rings. The average Bonchev–Trinajstić information content (AvgIpc) is 2.46. The molecule has 0 saturated heterocycles. The maximum atomic E-state index is 12.4. The van der Waals surface area contributed by atoms with Gasteiger partial charge in [0.25, 0.3) is 0 Å². The second-order valence-corrected chi connectivity index (χ2v) is 6.43. The van der Waals surface area contributed by atoms with Crippen LogP contribution in [0, 0.1) is 6.92 Å². The number of aryl methyl sites for hydroxylation is 1. The Morgan fingerprint density at radius 3 is 2.16 bits per heavy atom. The summed E-state index contributed by atoms with van der Waals surface area (Å²) in [6.45, 7) is 1.99. The van der Waals surface area contributed by atoms with Crippen molar-refractivity contribution in [2.45, 2.75) is 16.5 Å². The Kier molecular flexibility index (Phi) is 4.61. The minimum atomic E-state index is -1.27. The van der Waals surface area contributed by atoms with Crippen molar-refractivity contribution in [3.8, 4) is 5.75 Å². The largest absolute Gasteiger partial charge is 0.497 e. The van der Waals surface area contributed by atoms with Crippen LogP contribution in [0.1, 0.15) is 15.8 Å². The van der Waals surface area contributed by atoms with Crippen molar-refractivity contribution in [3.05, 3.63) is 59.7 Å². The number of methoxy groups -OCH3 is 1. The Hall–Kier alpha value is -1.32. The van der Waals surface area contributed by atoms with E-state index >= 15 is 0 Å². The zero-order chi connectivity index (χ0) is 13.8. The van der Waals surface area contributed by atoms with E-state index in [4.69, 9.17) is 16.3 Å². The first-order valence-corrected chi connectivity index (χ1v) is 7.52. The summed E-state index contributed by atoms with van der Waals surface area (Å²) in [5.74, 6) is 0.758. The monoisotopic (exact) mass is 294 g/mol. The lowest BCUT2D eigenvalue weighted by molar-refractivity contribution is 0.414. The third kappa shape index (κ3) is 3.37. The second-order valence-electron chi connectivity index (χ2n) is 4.20. The van der Waals surface area contributed by atoms with E-state index in [-0.39, 0.29) is 0 Å². The number of alkyl halides is 1.